The molecule has 22 heavy (non-hydrogen) atoms. The van der Waals surface area contributed by atoms with Crippen molar-refractivity contribution in [1.29, 1.82) is 0 Å². The van der Waals surface area contributed by atoms with Gasteiger partial charge in [-0.05, 0) is 42.0 Å². The Kier molecular flexibility index (Phi) is 5.79. The molecule has 0 aliphatic carbocycles. The number of benzene rings is 2. The van der Waals surface area contributed by atoms with E-state index in [4.69, 9.17) is 0 Å². The van der Waals surface area contributed by atoms with Gasteiger partial charge in [-0.15, -0.1) is 0 Å². The van der Waals surface area contributed by atoms with Crippen LogP contribution in [0.15, 0.2) is 66.7 Å². The van der Waals surface area contributed by atoms with Crippen molar-refractivity contribution in [2.45, 2.75) is 44.9 Å². The summed E-state index contributed by atoms with van der Waals surface area (Å²) in [6.45, 7) is 9.63. The van der Waals surface area contributed by atoms with Crippen LogP contribution in [-0.4, -0.2) is 8.07 Å². The van der Waals surface area contributed by atoms with Gasteiger partial charge in [0, 0.05) is 0 Å². The van der Waals surface area contributed by atoms with Crippen LogP contribution in [0.1, 0.15) is 28.7 Å². The molecule has 116 valence electrons. The number of aryl methyl sites for hydroxylation is 2. The van der Waals surface area contributed by atoms with Gasteiger partial charge in [-0.3, -0.25) is 0 Å². The topological polar surface area (TPSA) is 0 Å². The van der Waals surface area contributed by atoms with Crippen LogP contribution in [0.2, 0.25) is 19.6 Å². The fourth-order valence-corrected chi connectivity index (χ4v) is 4.89. The highest BCUT2D eigenvalue weighted by atomic mass is 28.3. The van der Waals surface area contributed by atoms with Crippen molar-refractivity contribution in [1.82, 2.24) is 0 Å². The summed E-state index contributed by atoms with van der Waals surface area (Å²) in [5.41, 5.74) is 4.96. The first kappa shape index (κ1) is 16.8. The van der Waals surface area contributed by atoms with Crippen LogP contribution in [-0.2, 0) is 6.42 Å². The average Bonchev–Trinajstić information content (AvgIpc) is 2.48. The lowest BCUT2D eigenvalue weighted by Gasteiger charge is -2.28. The summed E-state index contributed by atoms with van der Waals surface area (Å²) < 4.78 is 0. The summed E-state index contributed by atoms with van der Waals surface area (Å²) in [6.07, 6.45) is 7.11. The number of allylic oxidation sites excluding steroid dienone is 2. The molecule has 0 nitrogen and oxygen atoms in total. The molecule has 0 heterocycles. The second kappa shape index (κ2) is 7.60. The van der Waals surface area contributed by atoms with Gasteiger partial charge < -0.3 is 0 Å². The maximum absolute atomic E-state index is 2.47. The fourth-order valence-electron chi connectivity index (χ4n) is 2.92. The van der Waals surface area contributed by atoms with Gasteiger partial charge >= 0.3 is 0 Å². The molecule has 0 spiro atoms. The Morgan fingerprint density at radius 2 is 1.55 bits per heavy atom. The van der Waals surface area contributed by atoms with Crippen molar-refractivity contribution in [3.8, 4) is 0 Å². The van der Waals surface area contributed by atoms with Gasteiger partial charge in [0.2, 0.25) is 0 Å². The standard InChI is InChI=1S/C21H28Si/c1-18-12-8-10-16-20(18)21(22(2,3)4)17-11-9-15-19-13-6-5-7-14-19/h5-8,10-14,16-17,21H,9,15H2,1-4H3/b17-11+. The minimum Gasteiger partial charge on any atom is -0.0879 e. The fraction of sp³-hybridized carbons (Fsp3) is 0.333. The van der Waals surface area contributed by atoms with Gasteiger partial charge in [0.25, 0.3) is 0 Å². The first-order valence-corrected chi connectivity index (χ1v) is 11.8. The van der Waals surface area contributed by atoms with Crippen molar-refractivity contribution in [2.75, 3.05) is 0 Å². The van der Waals surface area contributed by atoms with Crippen LogP contribution >= 0.6 is 0 Å². The highest BCUT2D eigenvalue weighted by molar-refractivity contribution is 6.78. The van der Waals surface area contributed by atoms with E-state index in [-0.39, 0.29) is 0 Å². The van der Waals surface area contributed by atoms with E-state index in [1.165, 1.54) is 16.7 Å². The van der Waals surface area contributed by atoms with Gasteiger partial charge in [0.05, 0.1) is 8.07 Å². The van der Waals surface area contributed by atoms with Crippen LogP contribution in [0.5, 0.6) is 0 Å². The highest BCUT2D eigenvalue weighted by Gasteiger charge is 2.26. The molecule has 0 aromatic heterocycles. The summed E-state index contributed by atoms with van der Waals surface area (Å²) in [7, 11) is -1.27. The minimum absolute atomic E-state index is 0.601. The largest absolute Gasteiger partial charge is 0.0879 e. The van der Waals surface area contributed by atoms with E-state index >= 15 is 0 Å². The lowest BCUT2D eigenvalue weighted by Crippen LogP contribution is -2.30. The molecular weight excluding hydrogens is 280 g/mol. The zero-order chi connectivity index (χ0) is 16.0. The van der Waals surface area contributed by atoms with Gasteiger partial charge in [0.15, 0.2) is 0 Å². The second-order valence-corrected chi connectivity index (χ2v) is 12.5. The van der Waals surface area contributed by atoms with Crippen molar-refractivity contribution in [2.24, 2.45) is 0 Å². The van der Waals surface area contributed by atoms with Gasteiger partial charge in [-0.25, -0.2) is 0 Å². The van der Waals surface area contributed by atoms with Crippen LogP contribution in [0.4, 0.5) is 0 Å². The molecule has 0 N–H and O–H groups in total. The number of rotatable bonds is 6. The average molecular weight is 309 g/mol. The molecule has 0 amide bonds. The molecule has 2 aromatic rings. The minimum atomic E-state index is -1.27. The molecule has 0 saturated heterocycles. The van der Waals surface area contributed by atoms with E-state index in [9.17, 15) is 0 Å². The Balaban J connectivity index is 2.08. The van der Waals surface area contributed by atoms with E-state index in [0.29, 0.717) is 5.54 Å². The summed E-state index contributed by atoms with van der Waals surface area (Å²) in [5.74, 6) is 0. The van der Waals surface area contributed by atoms with E-state index in [2.05, 4.69) is 93.3 Å². The lowest BCUT2D eigenvalue weighted by molar-refractivity contribution is 0.985. The summed E-state index contributed by atoms with van der Waals surface area (Å²) in [4.78, 5) is 0. The Bertz CT molecular complexity index is 605. The quantitative estimate of drug-likeness (QED) is 0.444. The van der Waals surface area contributed by atoms with E-state index in [1.54, 1.807) is 0 Å². The van der Waals surface area contributed by atoms with Gasteiger partial charge in [0.1, 0.15) is 0 Å². The summed E-state index contributed by atoms with van der Waals surface area (Å²) >= 11 is 0. The molecule has 0 bridgehead atoms. The summed E-state index contributed by atoms with van der Waals surface area (Å²) in [6, 6.07) is 19.6. The molecule has 0 aliphatic heterocycles. The SMILES string of the molecule is Cc1ccccc1C(/C=C/CCc1ccccc1)[Si](C)(C)C. The molecule has 2 aromatic carbocycles. The molecular formula is C21H28Si. The van der Waals surface area contributed by atoms with E-state index in [1.807, 2.05) is 0 Å². The van der Waals surface area contributed by atoms with Crippen LogP contribution < -0.4 is 0 Å². The molecule has 0 aliphatic rings. The molecule has 1 heteroatoms. The number of hydrogen-bond donors (Lipinski definition) is 0. The van der Waals surface area contributed by atoms with E-state index < -0.39 is 8.07 Å². The van der Waals surface area contributed by atoms with Crippen molar-refractivity contribution in [3.63, 3.8) is 0 Å². The molecule has 1 atom stereocenters. The van der Waals surface area contributed by atoms with Gasteiger partial charge in [-0.1, -0.05) is 86.4 Å². The van der Waals surface area contributed by atoms with E-state index in [0.717, 1.165) is 12.8 Å². The molecule has 0 saturated carbocycles. The Morgan fingerprint density at radius 3 is 2.18 bits per heavy atom. The lowest BCUT2D eigenvalue weighted by atomic mass is 10.0. The van der Waals surface area contributed by atoms with Gasteiger partial charge in [-0.2, -0.15) is 0 Å². The highest BCUT2D eigenvalue weighted by Crippen LogP contribution is 2.30. The zero-order valence-corrected chi connectivity index (χ0v) is 15.3. The first-order chi connectivity index (χ1) is 10.5. The Labute approximate surface area is 136 Å². The van der Waals surface area contributed by atoms with Crippen LogP contribution in [0.3, 0.4) is 0 Å². The number of hydrogen-bond acceptors (Lipinski definition) is 0. The predicted octanol–water partition coefficient (Wildman–Crippen LogP) is 6.15. The summed E-state index contributed by atoms with van der Waals surface area (Å²) in [5, 5.41) is 0. The maximum atomic E-state index is 2.47. The van der Waals surface area contributed by atoms with Crippen molar-refractivity contribution in [3.05, 3.63) is 83.4 Å². The molecule has 0 fully saturated rings. The van der Waals surface area contributed by atoms with Crippen molar-refractivity contribution < 1.29 is 0 Å². The second-order valence-electron chi connectivity index (χ2n) is 7.15. The monoisotopic (exact) mass is 308 g/mol. The van der Waals surface area contributed by atoms with Crippen LogP contribution in [0.25, 0.3) is 0 Å². The molecule has 0 radical (unpaired) electrons. The van der Waals surface area contributed by atoms with Crippen LogP contribution in [0, 0.1) is 6.92 Å². The smallest absolute Gasteiger partial charge is 0.0565 e. The Morgan fingerprint density at radius 1 is 0.909 bits per heavy atom. The molecule has 2 rings (SSSR count). The first-order valence-electron chi connectivity index (χ1n) is 8.24. The third-order valence-corrected chi connectivity index (χ3v) is 6.60. The zero-order valence-electron chi connectivity index (χ0n) is 14.3. The third kappa shape index (κ3) is 4.71. The molecule has 1 unspecified atom stereocenters. The predicted molar refractivity (Wildman–Crippen MR) is 101 cm³/mol. The third-order valence-electron chi connectivity index (χ3n) is 4.23. The van der Waals surface area contributed by atoms with Crippen molar-refractivity contribution >= 4 is 8.07 Å². The normalized spacial score (nSPS) is 13.5. The maximum Gasteiger partial charge on any atom is 0.0565 e. The Hall–Kier alpha value is -1.60.